The summed E-state index contributed by atoms with van der Waals surface area (Å²) in [7, 11) is 0. The van der Waals surface area contributed by atoms with E-state index >= 15 is 0 Å². The highest BCUT2D eigenvalue weighted by molar-refractivity contribution is 6.09. The molecule has 0 aliphatic heterocycles. The molecule has 5 aromatic rings. The van der Waals surface area contributed by atoms with E-state index in [4.69, 9.17) is 13.6 Å². The van der Waals surface area contributed by atoms with Gasteiger partial charge in [-0.15, -0.1) is 0 Å². The first-order valence-corrected chi connectivity index (χ1v) is 10.6. The Morgan fingerprint density at radius 1 is 0.906 bits per heavy atom. The van der Waals surface area contributed by atoms with Crippen molar-refractivity contribution in [1.82, 2.24) is 0 Å². The zero-order chi connectivity index (χ0) is 22.1. The van der Waals surface area contributed by atoms with Gasteiger partial charge in [0.15, 0.2) is 5.58 Å². The van der Waals surface area contributed by atoms with Gasteiger partial charge in [-0.2, -0.15) is 0 Å². The summed E-state index contributed by atoms with van der Waals surface area (Å²) in [6, 6.07) is 25.1. The number of rotatable bonds is 6. The van der Waals surface area contributed by atoms with Gasteiger partial charge in [0.2, 0.25) is 5.88 Å². The monoisotopic (exact) mass is 425 g/mol. The fourth-order valence-corrected chi connectivity index (χ4v) is 3.88. The van der Waals surface area contributed by atoms with Crippen molar-refractivity contribution < 1.29 is 13.6 Å². The molecule has 0 bridgehead atoms. The molecule has 0 radical (unpaired) electrons. The molecule has 0 saturated carbocycles. The van der Waals surface area contributed by atoms with Crippen molar-refractivity contribution in [2.45, 2.75) is 26.5 Å². The van der Waals surface area contributed by atoms with Crippen molar-refractivity contribution in [1.29, 1.82) is 0 Å². The Morgan fingerprint density at radius 3 is 2.50 bits per heavy atom. The second kappa shape index (κ2) is 8.27. The summed E-state index contributed by atoms with van der Waals surface area (Å²) in [5.41, 5.74) is 3.17. The van der Waals surface area contributed by atoms with Crippen LogP contribution in [0.15, 0.2) is 92.5 Å². The molecule has 1 N–H and O–H groups in total. The molecule has 0 atom stereocenters. The van der Waals surface area contributed by atoms with Gasteiger partial charge in [0.1, 0.15) is 16.7 Å². The highest BCUT2D eigenvalue weighted by Gasteiger charge is 2.23. The molecule has 5 nitrogen and oxygen atoms in total. The fraction of sp³-hybridized carbons (Fsp3) is 0.148. The highest BCUT2D eigenvalue weighted by Crippen LogP contribution is 2.40. The van der Waals surface area contributed by atoms with Crippen molar-refractivity contribution in [3.63, 3.8) is 0 Å². The maximum Gasteiger partial charge on any atom is 0.348 e. The second-order valence-corrected chi connectivity index (χ2v) is 7.93. The number of hydrogen-bond acceptors (Lipinski definition) is 5. The quantitative estimate of drug-likeness (QED) is 0.310. The van der Waals surface area contributed by atoms with Crippen molar-refractivity contribution in [3.05, 3.63) is 94.8 Å². The third-order valence-electron chi connectivity index (χ3n) is 5.24. The smallest absolute Gasteiger partial charge is 0.348 e. The first-order chi connectivity index (χ1) is 15.6. The number of benzene rings is 3. The number of hydrogen-bond donors (Lipinski definition) is 1. The number of furan rings is 1. The van der Waals surface area contributed by atoms with Crippen molar-refractivity contribution in [2.24, 2.45) is 0 Å². The fourth-order valence-electron chi connectivity index (χ4n) is 3.88. The standard InChI is InChI=1S/C27H23NO4/c1-17(2)30-20-12-8-11-19(15-20)23-24-25(21-13-6-7-14-22(21)31-27(24)29)32-26(23)28-16-18-9-4-3-5-10-18/h3-15,17,28H,16H2,1-2H3. The van der Waals surface area contributed by atoms with Crippen LogP contribution < -0.4 is 15.7 Å². The Bertz CT molecular complexity index is 1450. The van der Waals surface area contributed by atoms with Gasteiger partial charge in [-0.05, 0) is 49.2 Å². The third-order valence-corrected chi connectivity index (χ3v) is 5.24. The van der Waals surface area contributed by atoms with Crippen LogP contribution in [0.5, 0.6) is 5.75 Å². The van der Waals surface area contributed by atoms with Crippen molar-refractivity contribution in [3.8, 4) is 16.9 Å². The molecule has 5 rings (SSSR count). The van der Waals surface area contributed by atoms with E-state index in [1.807, 2.05) is 86.6 Å². The minimum atomic E-state index is -0.430. The molecule has 5 heteroatoms. The zero-order valence-electron chi connectivity index (χ0n) is 17.9. The summed E-state index contributed by atoms with van der Waals surface area (Å²) in [6.07, 6.45) is 0.0380. The van der Waals surface area contributed by atoms with E-state index in [1.54, 1.807) is 6.07 Å². The summed E-state index contributed by atoms with van der Waals surface area (Å²) in [5, 5.41) is 4.55. The molecule has 160 valence electrons. The van der Waals surface area contributed by atoms with Crippen LogP contribution in [0.3, 0.4) is 0 Å². The van der Waals surface area contributed by atoms with E-state index < -0.39 is 5.63 Å². The van der Waals surface area contributed by atoms with Gasteiger partial charge < -0.3 is 18.9 Å². The lowest BCUT2D eigenvalue weighted by Crippen LogP contribution is -2.05. The summed E-state index contributed by atoms with van der Waals surface area (Å²) >= 11 is 0. The predicted octanol–water partition coefficient (Wildman–Crippen LogP) is 6.61. The molecular weight excluding hydrogens is 402 g/mol. The van der Waals surface area contributed by atoms with Gasteiger partial charge in [0, 0.05) is 6.54 Å². The zero-order valence-corrected chi connectivity index (χ0v) is 17.9. The molecule has 0 aliphatic rings. The average molecular weight is 425 g/mol. The van der Waals surface area contributed by atoms with Crippen molar-refractivity contribution in [2.75, 3.05) is 5.32 Å². The van der Waals surface area contributed by atoms with Crippen molar-refractivity contribution >= 4 is 27.8 Å². The third kappa shape index (κ3) is 3.73. The SMILES string of the molecule is CC(C)Oc1cccc(-c2c(NCc3ccccc3)oc3c2c(=O)oc2ccccc23)c1. The molecule has 2 aromatic heterocycles. The van der Waals surface area contributed by atoms with Crippen LogP contribution >= 0.6 is 0 Å². The lowest BCUT2D eigenvalue weighted by molar-refractivity contribution is 0.242. The van der Waals surface area contributed by atoms with E-state index in [2.05, 4.69) is 5.32 Å². The molecule has 0 spiro atoms. The number of ether oxygens (including phenoxy) is 1. The Balaban J connectivity index is 1.71. The summed E-state index contributed by atoms with van der Waals surface area (Å²) in [6.45, 7) is 4.51. The highest BCUT2D eigenvalue weighted by atomic mass is 16.5. The summed E-state index contributed by atoms with van der Waals surface area (Å²) in [4.78, 5) is 13.1. The summed E-state index contributed by atoms with van der Waals surface area (Å²) in [5.74, 6) is 1.25. The first-order valence-electron chi connectivity index (χ1n) is 10.6. The van der Waals surface area contributed by atoms with Gasteiger partial charge in [-0.3, -0.25) is 0 Å². The number of para-hydroxylation sites is 1. The minimum Gasteiger partial charge on any atom is -0.491 e. The van der Waals surface area contributed by atoms with Crippen LogP contribution in [0.2, 0.25) is 0 Å². The van der Waals surface area contributed by atoms with Crippen LogP contribution in [0.25, 0.3) is 33.1 Å². The maximum atomic E-state index is 13.1. The normalized spacial score (nSPS) is 11.3. The van der Waals surface area contributed by atoms with Crippen LogP contribution in [-0.4, -0.2) is 6.10 Å². The van der Waals surface area contributed by atoms with E-state index in [-0.39, 0.29) is 6.10 Å². The van der Waals surface area contributed by atoms with Gasteiger partial charge in [-0.25, -0.2) is 4.79 Å². The summed E-state index contributed by atoms with van der Waals surface area (Å²) < 4.78 is 17.8. The predicted molar refractivity (Wildman–Crippen MR) is 127 cm³/mol. The Morgan fingerprint density at radius 2 is 1.69 bits per heavy atom. The molecule has 3 aromatic carbocycles. The average Bonchev–Trinajstić information content (AvgIpc) is 3.19. The van der Waals surface area contributed by atoms with Gasteiger partial charge in [0.25, 0.3) is 0 Å². The van der Waals surface area contributed by atoms with E-state index in [9.17, 15) is 4.79 Å². The molecule has 0 unspecified atom stereocenters. The molecular formula is C27H23NO4. The molecule has 0 amide bonds. The number of fused-ring (bicyclic) bond motifs is 3. The lowest BCUT2D eigenvalue weighted by atomic mass is 10.0. The van der Waals surface area contributed by atoms with Crippen LogP contribution in [0, 0.1) is 0 Å². The van der Waals surface area contributed by atoms with E-state index in [1.165, 1.54) is 0 Å². The largest absolute Gasteiger partial charge is 0.491 e. The van der Waals surface area contributed by atoms with Gasteiger partial charge in [0.05, 0.1) is 17.1 Å². The molecule has 0 fully saturated rings. The van der Waals surface area contributed by atoms with Crippen LogP contribution in [0.4, 0.5) is 5.88 Å². The minimum absolute atomic E-state index is 0.0380. The Hall–Kier alpha value is -3.99. The Labute approximate surface area is 185 Å². The van der Waals surface area contributed by atoms with E-state index in [0.29, 0.717) is 34.5 Å². The number of nitrogens with one attached hydrogen (secondary N) is 1. The number of anilines is 1. The molecule has 2 heterocycles. The van der Waals surface area contributed by atoms with Gasteiger partial charge in [-0.1, -0.05) is 54.6 Å². The lowest BCUT2D eigenvalue weighted by Gasteiger charge is -2.11. The molecule has 0 aliphatic carbocycles. The van der Waals surface area contributed by atoms with Crippen LogP contribution in [-0.2, 0) is 6.54 Å². The maximum absolute atomic E-state index is 13.1. The first kappa shape index (κ1) is 19.9. The molecule has 0 saturated heterocycles. The second-order valence-electron chi connectivity index (χ2n) is 7.93. The Kier molecular flexibility index (Phi) is 5.15. The topological polar surface area (TPSA) is 64.6 Å². The van der Waals surface area contributed by atoms with Crippen LogP contribution in [0.1, 0.15) is 19.4 Å². The van der Waals surface area contributed by atoms with Gasteiger partial charge >= 0.3 is 5.63 Å². The molecule has 32 heavy (non-hydrogen) atoms. The van der Waals surface area contributed by atoms with E-state index in [0.717, 1.165) is 22.3 Å².